The minimum absolute atomic E-state index is 0.246. The van der Waals surface area contributed by atoms with Crippen LogP contribution in [0.3, 0.4) is 0 Å². The molecule has 0 bridgehead atoms. The Kier molecular flexibility index (Phi) is 6.89. The number of esters is 1. The number of carbonyl (C=O) groups excluding carboxylic acids is 2. The summed E-state index contributed by atoms with van der Waals surface area (Å²) in [6.45, 7) is 4.75. The van der Waals surface area contributed by atoms with Gasteiger partial charge in [-0.3, -0.25) is 4.79 Å². The van der Waals surface area contributed by atoms with Gasteiger partial charge in [-0.15, -0.1) is 0 Å². The molecule has 0 atom stereocenters. The Morgan fingerprint density at radius 1 is 0.946 bits per heavy atom. The first-order valence-electron chi connectivity index (χ1n) is 12.0. The topological polar surface area (TPSA) is 96.0 Å². The largest absolute Gasteiger partial charge is 0.486 e. The lowest BCUT2D eigenvalue weighted by molar-refractivity contribution is -0.118. The molecule has 0 radical (unpaired) electrons. The minimum atomic E-state index is -0.436. The van der Waals surface area contributed by atoms with Gasteiger partial charge in [0.1, 0.15) is 19.0 Å². The highest BCUT2D eigenvalue weighted by Crippen LogP contribution is 2.33. The smallest absolute Gasteiger partial charge is 0.338 e. The molecule has 1 N–H and O–H groups in total. The number of carbonyl (C=O) groups is 2. The maximum Gasteiger partial charge on any atom is 0.338 e. The second kappa shape index (κ2) is 10.6. The number of rotatable bonds is 7. The van der Waals surface area contributed by atoms with Gasteiger partial charge in [-0.2, -0.15) is 0 Å². The molecule has 1 amide bonds. The Morgan fingerprint density at radius 3 is 2.51 bits per heavy atom. The summed E-state index contributed by atoms with van der Waals surface area (Å²) in [4.78, 5) is 29.8. The first kappa shape index (κ1) is 24.1. The van der Waals surface area contributed by atoms with Crippen LogP contribution >= 0.6 is 0 Å². The Hall–Kier alpha value is -4.59. The Morgan fingerprint density at radius 2 is 1.73 bits per heavy atom. The molecule has 8 nitrogen and oxygen atoms in total. The van der Waals surface area contributed by atoms with Crippen LogP contribution in [0.5, 0.6) is 17.2 Å². The number of nitrogens with one attached hydrogen (secondary N) is 1. The SMILES string of the molecule is CCOC(=O)c1ccc2nc(-c3ccc(C)cc3)cc(OCC(=O)Nc3ccc4c(c3)OCCO4)c2c1. The van der Waals surface area contributed by atoms with E-state index in [0.29, 0.717) is 58.3 Å². The normalized spacial score (nSPS) is 12.2. The van der Waals surface area contributed by atoms with E-state index in [4.69, 9.17) is 23.9 Å². The van der Waals surface area contributed by atoms with Gasteiger partial charge < -0.3 is 24.3 Å². The van der Waals surface area contributed by atoms with Crippen LogP contribution in [-0.4, -0.2) is 43.3 Å². The first-order chi connectivity index (χ1) is 18.0. The molecule has 0 unspecified atom stereocenters. The number of aryl methyl sites for hydroxylation is 1. The molecule has 188 valence electrons. The third-order valence-corrected chi connectivity index (χ3v) is 5.81. The highest BCUT2D eigenvalue weighted by Gasteiger charge is 2.16. The van der Waals surface area contributed by atoms with Crippen LogP contribution in [0.2, 0.25) is 0 Å². The van der Waals surface area contributed by atoms with Crippen molar-refractivity contribution in [1.82, 2.24) is 4.98 Å². The van der Waals surface area contributed by atoms with Crippen molar-refractivity contribution in [3.63, 3.8) is 0 Å². The second-order valence-corrected chi connectivity index (χ2v) is 8.52. The molecule has 1 aliphatic heterocycles. The number of anilines is 1. The highest BCUT2D eigenvalue weighted by atomic mass is 16.6. The van der Waals surface area contributed by atoms with Gasteiger partial charge in [0, 0.05) is 28.8 Å². The quantitative estimate of drug-likeness (QED) is 0.351. The molecule has 1 aromatic heterocycles. The number of aromatic nitrogens is 1. The van der Waals surface area contributed by atoms with E-state index in [1.54, 1.807) is 49.4 Å². The average molecular weight is 499 g/mol. The highest BCUT2D eigenvalue weighted by molar-refractivity contribution is 5.97. The first-order valence-corrected chi connectivity index (χ1v) is 12.0. The Labute approximate surface area is 214 Å². The molecular formula is C29H26N2O6. The van der Waals surface area contributed by atoms with E-state index in [1.165, 1.54) is 0 Å². The molecule has 0 fully saturated rings. The van der Waals surface area contributed by atoms with Crippen LogP contribution in [0, 0.1) is 6.92 Å². The van der Waals surface area contributed by atoms with Crippen molar-refractivity contribution in [2.75, 3.05) is 31.7 Å². The standard InChI is InChI=1S/C29H26N2O6/c1-3-34-29(33)20-8-10-23-22(14-20)26(16-24(31-23)19-6-4-18(2)5-7-19)37-17-28(32)30-21-9-11-25-27(15-21)36-13-12-35-25/h4-11,14-16H,3,12-13,17H2,1-2H3,(H,30,32). The van der Waals surface area contributed by atoms with Gasteiger partial charge in [0.25, 0.3) is 5.91 Å². The average Bonchev–Trinajstić information content (AvgIpc) is 2.91. The van der Waals surface area contributed by atoms with Gasteiger partial charge in [-0.1, -0.05) is 29.8 Å². The fourth-order valence-corrected chi connectivity index (χ4v) is 3.99. The lowest BCUT2D eigenvalue weighted by atomic mass is 10.1. The van der Waals surface area contributed by atoms with Gasteiger partial charge in [-0.05, 0) is 44.2 Å². The summed E-state index contributed by atoms with van der Waals surface area (Å²) in [7, 11) is 0. The fourth-order valence-electron chi connectivity index (χ4n) is 3.99. The summed E-state index contributed by atoms with van der Waals surface area (Å²) >= 11 is 0. The maximum atomic E-state index is 12.7. The van der Waals surface area contributed by atoms with Crippen molar-refractivity contribution >= 4 is 28.5 Å². The summed E-state index contributed by atoms with van der Waals surface area (Å²) in [5.41, 5.74) is 4.32. The monoisotopic (exact) mass is 498 g/mol. The van der Waals surface area contributed by atoms with Crippen LogP contribution in [0.4, 0.5) is 5.69 Å². The molecule has 4 aromatic rings. The fraction of sp³-hybridized carbons (Fsp3) is 0.207. The lowest BCUT2D eigenvalue weighted by Crippen LogP contribution is -2.21. The zero-order valence-corrected chi connectivity index (χ0v) is 20.6. The number of hydrogen-bond acceptors (Lipinski definition) is 7. The number of ether oxygens (including phenoxy) is 4. The second-order valence-electron chi connectivity index (χ2n) is 8.52. The molecule has 5 rings (SSSR count). The molecule has 3 aromatic carbocycles. The molecular weight excluding hydrogens is 472 g/mol. The third-order valence-electron chi connectivity index (χ3n) is 5.81. The van der Waals surface area contributed by atoms with Crippen LogP contribution in [-0.2, 0) is 9.53 Å². The summed E-state index contributed by atoms with van der Waals surface area (Å²) in [6, 6.07) is 20.1. The van der Waals surface area contributed by atoms with E-state index in [-0.39, 0.29) is 19.1 Å². The van der Waals surface area contributed by atoms with Crippen molar-refractivity contribution < 1.29 is 28.5 Å². The van der Waals surface area contributed by atoms with Crippen LogP contribution < -0.4 is 19.5 Å². The number of amides is 1. The molecule has 0 saturated heterocycles. The van der Waals surface area contributed by atoms with Crippen LogP contribution in [0.15, 0.2) is 66.7 Å². The van der Waals surface area contributed by atoms with E-state index in [1.807, 2.05) is 31.2 Å². The predicted molar refractivity (Wildman–Crippen MR) is 139 cm³/mol. The molecule has 0 saturated carbocycles. The van der Waals surface area contributed by atoms with E-state index < -0.39 is 5.97 Å². The van der Waals surface area contributed by atoms with E-state index in [2.05, 4.69) is 5.32 Å². The molecule has 8 heteroatoms. The van der Waals surface area contributed by atoms with Crippen LogP contribution in [0.1, 0.15) is 22.8 Å². The predicted octanol–water partition coefficient (Wildman–Crippen LogP) is 5.18. The molecule has 37 heavy (non-hydrogen) atoms. The Balaban J connectivity index is 1.42. The number of fused-ring (bicyclic) bond motifs is 2. The summed E-state index contributed by atoms with van der Waals surface area (Å²) in [5.74, 6) is 0.877. The van der Waals surface area contributed by atoms with Gasteiger partial charge in [0.05, 0.1) is 23.4 Å². The summed E-state index contributed by atoms with van der Waals surface area (Å²) in [6.07, 6.45) is 0. The number of benzene rings is 3. The van der Waals surface area contributed by atoms with Crippen molar-refractivity contribution in [3.8, 4) is 28.5 Å². The summed E-state index contributed by atoms with van der Waals surface area (Å²) in [5, 5.41) is 3.43. The third kappa shape index (κ3) is 5.48. The van der Waals surface area contributed by atoms with Crippen molar-refractivity contribution in [3.05, 3.63) is 77.9 Å². The molecule has 0 spiro atoms. The Bertz CT molecular complexity index is 1470. The number of pyridine rings is 1. The summed E-state index contributed by atoms with van der Waals surface area (Å²) < 4.78 is 22.2. The van der Waals surface area contributed by atoms with Gasteiger partial charge in [0.2, 0.25) is 0 Å². The van der Waals surface area contributed by atoms with E-state index in [9.17, 15) is 9.59 Å². The number of nitrogens with zero attached hydrogens (tertiary/aromatic N) is 1. The number of hydrogen-bond donors (Lipinski definition) is 1. The van der Waals surface area contributed by atoms with E-state index in [0.717, 1.165) is 11.1 Å². The molecule has 0 aliphatic carbocycles. The van der Waals surface area contributed by atoms with Gasteiger partial charge in [0.15, 0.2) is 18.1 Å². The van der Waals surface area contributed by atoms with Crippen LogP contribution in [0.25, 0.3) is 22.2 Å². The van der Waals surface area contributed by atoms with Crippen molar-refractivity contribution in [2.45, 2.75) is 13.8 Å². The molecule has 2 heterocycles. The van der Waals surface area contributed by atoms with Crippen molar-refractivity contribution in [1.29, 1.82) is 0 Å². The zero-order chi connectivity index (χ0) is 25.8. The van der Waals surface area contributed by atoms with Gasteiger partial charge in [-0.25, -0.2) is 9.78 Å². The van der Waals surface area contributed by atoms with Gasteiger partial charge >= 0.3 is 5.97 Å². The minimum Gasteiger partial charge on any atom is -0.486 e. The van der Waals surface area contributed by atoms with Crippen molar-refractivity contribution in [2.24, 2.45) is 0 Å². The van der Waals surface area contributed by atoms with E-state index >= 15 is 0 Å². The lowest BCUT2D eigenvalue weighted by Gasteiger charge is -2.19. The maximum absolute atomic E-state index is 12.7. The molecule has 1 aliphatic rings. The zero-order valence-electron chi connectivity index (χ0n) is 20.6.